The molecule has 124 valence electrons. The summed E-state index contributed by atoms with van der Waals surface area (Å²) in [6.45, 7) is 9.54. The standard InChI is InChI=1S/C9H12.C6H18N4.H2O2/c1-8(2)9-6-4-3-5-7-9;7-1-3-9-5-6-10-4-2-8;1-2/h3-8H,1-2H3;9-10H,1-8H2;1-2H. The molecule has 0 aliphatic rings. The van der Waals surface area contributed by atoms with Gasteiger partial charge in [-0.05, 0) is 11.5 Å². The number of nitrogens with two attached hydrogens (primary N) is 2. The molecule has 21 heavy (non-hydrogen) atoms. The Hall–Kier alpha value is -1.02. The van der Waals surface area contributed by atoms with E-state index in [9.17, 15) is 0 Å². The highest BCUT2D eigenvalue weighted by Crippen LogP contribution is 2.11. The van der Waals surface area contributed by atoms with E-state index in [1.807, 2.05) is 6.07 Å². The smallest absolute Gasteiger partial charge is 0.00772 e. The fraction of sp³-hybridized carbons (Fsp3) is 0.600. The summed E-state index contributed by atoms with van der Waals surface area (Å²) in [4.78, 5) is 0. The lowest BCUT2D eigenvalue weighted by molar-refractivity contribution is -0.176. The van der Waals surface area contributed by atoms with Gasteiger partial charge in [0.25, 0.3) is 0 Å². The lowest BCUT2D eigenvalue weighted by atomic mass is 10.0. The van der Waals surface area contributed by atoms with Gasteiger partial charge >= 0.3 is 0 Å². The summed E-state index contributed by atoms with van der Waals surface area (Å²) in [5.74, 6) is 0.659. The van der Waals surface area contributed by atoms with Crippen LogP contribution in [0.4, 0.5) is 0 Å². The molecule has 0 aliphatic heterocycles. The van der Waals surface area contributed by atoms with Crippen molar-refractivity contribution in [2.24, 2.45) is 11.5 Å². The van der Waals surface area contributed by atoms with Crippen molar-refractivity contribution in [2.45, 2.75) is 19.8 Å². The molecule has 0 bridgehead atoms. The molecule has 1 rings (SSSR count). The minimum Gasteiger partial charge on any atom is -0.329 e. The fourth-order valence-corrected chi connectivity index (χ4v) is 1.47. The first-order chi connectivity index (χ1) is 10.2. The number of hydrogen-bond donors (Lipinski definition) is 6. The van der Waals surface area contributed by atoms with E-state index < -0.39 is 0 Å². The van der Waals surface area contributed by atoms with Gasteiger partial charge in [0.15, 0.2) is 0 Å². The van der Waals surface area contributed by atoms with Crippen molar-refractivity contribution >= 4 is 0 Å². The number of hydrogen-bond acceptors (Lipinski definition) is 6. The van der Waals surface area contributed by atoms with Gasteiger partial charge in [-0.25, -0.2) is 0 Å². The number of rotatable bonds is 8. The van der Waals surface area contributed by atoms with Crippen LogP contribution in [0.2, 0.25) is 0 Å². The van der Waals surface area contributed by atoms with Crippen LogP contribution in [-0.4, -0.2) is 49.8 Å². The zero-order valence-corrected chi connectivity index (χ0v) is 13.3. The van der Waals surface area contributed by atoms with Crippen LogP contribution in [0.3, 0.4) is 0 Å². The Kier molecular flexibility index (Phi) is 20.1. The fourth-order valence-electron chi connectivity index (χ4n) is 1.47. The molecule has 0 unspecified atom stereocenters. The van der Waals surface area contributed by atoms with E-state index >= 15 is 0 Å². The van der Waals surface area contributed by atoms with Crippen molar-refractivity contribution in [3.8, 4) is 0 Å². The molecule has 1 aromatic rings. The molecule has 1 aromatic carbocycles. The highest BCUT2D eigenvalue weighted by atomic mass is 17.0. The molecule has 6 heteroatoms. The summed E-state index contributed by atoms with van der Waals surface area (Å²) in [7, 11) is 0. The first-order valence-electron chi connectivity index (χ1n) is 7.28. The average molecular weight is 300 g/mol. The maximum atomic E-state index is 6.00. The van der Waals surface area contributed by atoms with Gasteiger partial charge in [-0.15, -0.1) is 0 Å². The third-order valence-electron chi connectivity index (χ3n) is 2.59. The number of benzene rings is 1. The predicted octanol–water partition coefficient (Wildman–Crippen LogP) is 0.910. The zero-order valence-electron chi connectivity index (χ0n) is 13.3. The lowest BCUT2D eigenvalue weighted by Crippen LogP contribution is -2.32. The van der Waals surface area contributed by atoms with E-state index in [2.05, 4.69) is 48.7 Å². The zero-order chi connectivity index (χ0) is 16.3. The molecule has 0 heterocycles. The molecule has 6 nitrogen and oxygen atoms in total. The molecule has 0 saturated carbocycles. The monoisotopic (exact) mass is 300 g/mol. The summed E-state index contributed by atoms with van der Waals surface area (Å²) in [5.41, 5.74) is 11.9. The molecule has 0 spiro atoms. The highest BCUT2D eigenvalue weighted by molar-refractivity contribution is 5.17. The van der Waals surface area contributed by atoms with Crippen molar-refractivity contribution in [3.63, 3.8) is 0 Å². The van der Waals surface area contributed by atoms with E-state index in [-0.39, 0.29) is 0 Å². The Morgan fingerprint density at radius 1 is 0.857 bits per heavy atom. The maximum absolute atomic E-state index is 6.00. The predicted molar refractivity (Wildman–Crippen MR) is 89.6 cm³/mol. The van der Waals surface area contributed by atoms with Crippen LogP contribution in [-0.2, 0) is 0 Å². The number of nitrogens with one attached hydrogen (secondary N) is 2. The van der Waals surface area contributed by atoms with Gasteiger partial charge in [-0.1, -0.05) is 44.2 Å². The Morgan fingerprint density at radius 3 is 1.57 bits per heavy atom. The van der Waals surface area contributed by atoms with Gasteiger partial charge in [0, 0.05) is 39.3 Å². The molecule has 0 aromatic heterocycles. The molecule has 0 aliphatic carbocycles. The summed E-state index contributed by atoms with van der Waals surface area (Å²) < 4.78 is 0. The van der Waals surface area contributed by atoms with Crippen LogP contribution >= 0.6 is 0 Å². The van der Waals surface area contributed by atoms with Crippen LogP contribution < -0.4 is 22.1 Å². The first kappa shape index (κ1) is 22.3. The molecule has 0 atom stereocenters. The second-order valence-corrected chi connectivity index (χ2v) is 4.64. The largest absolute Gasteiger partial charge is 0.329 e. The van der Waals surface area contributed by atoms with Gasteiger partial charge in [-0.3, -0.25) is 10.5 Å². The average Bonchev–Trinajstić information content (AvgIpc) is 2.54. The molecular weight excluding hydrogens is 268 g/mol. The van der Waals surface area contributed by atoms with Gasteiger partial charge in [-0.2, -0.15) is 0 Å². The molecule has 8 N–H and O–H groups in total. The van der Waals surface area contributed by atoms with Gasteiger partial charge in [0.1, 0.15) is 0 Å². The van der Waals surface area contributed by atoms with Gasteiger partial charge in [0.05, 0.1) is 0 Å². The molecule has 0 amide bonds. The summed E-state index contributed by atoms with van der Waals surface area (Å²) in [5, 5.41) is 18.3. The van der Waals surface area contributed by atoms with E-state index in [1.54, 1.807) is 0 Å². The van der Waals surface area contributed by atoms with Crippen LogP contribution in [0.1, 0.15) is 25.3 Å². The first-order valence-corrected chi connectivity index (χ1v) is 7.28. The second kappa shape index (κ2) is 19.0. The molecule has 0 radical (unpaired) electrons. The quantitative estimate of drug-likeness (QED) is 0.241. The van der Waals surface area contributed by atoms with Crippen LogP contribution in [0.15, 0.2) is 30.3 Å². The van der Waals surface area contributed by atoms with Crippen molar-refractivity contribution in [1.82, 2.24) is 10.6 Å². The van der Waals surface area contributed by atoms with E-state index in [0.717, 1.165) is 26.2 Å². The molecule has 0 fully saturated rings. The topological polar surface area (TPSA) is 117 Å². The van der Waals surface area contributed by atoms with E-state index in [0.29, 0.717) is 19.0 Å². The Balaban J connectivity index is 0. The third-order valence-corrected chi connectivity index (χ3v) is 2.59. The Morgan fingerprint density at radius 2 is 1.29 bits per heavy atom. The van der Waals surface area contributed by atoms with Gasteiger partial charge < -0.3 is 22.1 Å². The van der Waals surface area contributed by atoms with Crippen molar-refractivity contribution in [1.29, 1.82) is 0 Å². The lowest BCUT2D eigenvalue weighted by Gasteiger charge is -2.03. The van der Waals surface area contributed by atoms with Crippen molar-refractivity contribution in [3.05, 3.63) is 35.9 Å². The Bertz CT molecular complexity index is 276. The normalized spacial score (nSPS) is 9.48. The van der Waals surface area contributed by atoms with Crippen molar-refractivity contribution < 1.29 is 10.5 Å². The summed E-state index contributed by atoms with van der Waals surface area (Å²) in [6.07, 6.45) is 0. The molecular formula is C15H32N4O2. The van der Waals surface area contributed by atoms with Crippen molar-refractivity contribution in [2.75, 3.05) is 39.3 Å². The maximum Gasteiger partial charge on any atom is 0.00772 e. The Labute approximate surface area is 128 Å². The van der Waals surface area contributed by atoms with Crippen LogP contribution in [0.5, 0.6) is 0 Å². The molecule has 0 saturated heterocycles. The van der Waals surface area contributed by atoms with E-state index in [1.165, 1.54) is 5.56 Å². The van der Waals surface area contributed by atoms with Crippen LogP contribution in [0, 0.1) is 0 Å². The summed E-state index contributed by atoms with van der Waals surface area (Å²) in [6, 6.07) is 10.5. The minimum atomic E-state index is 0.659. The second-order valence-electron chi connectivity index (χ2n) is 4.64. The van der Waals surface area contributed by atoms with E-state index in [4.69, 9.17) is 22.0 Å². The minimum absolute atomic E-state index is 0.659. The summed E-state index contributed by atoms with van der Waals surface area (Å²) >= 11 is 0. The SMILES string of the molecule is CC(C)c1ccccc1.NCCNCCNCCN.OO. The highest BCUT2D eigenvalue weighted by Gasteiger charge is 1.93. The van der Waals surface area contributed by atoms with Gasteiger partial charge in [0.2, 0.25) is 0 Å². The van der Waals surface area contributed by atoms with Crippen LogP contribution in [0.25, 0.3) is 0 Å². The third kappa shape index (κ3) is 16.9.